The quantitative estimate of drug-likeness (QED) is 0.846. The lowest BCUT2D eigenvalue weighted by atomic mass is 10.0. The second-order valence-corrected chi connectivity index (χ2v) is 4.39. The Labute approximate surface area is 101 Å². The monoisotopic (exact) mass is 234 g/mol. The largest absolute Gasteiger partial charge is 0.376 e. The van der Waals surface area contributed by atoms with Gasteiger partial charge in [-0.2, -0.15) is 0 Å². The zero-order chi connectivity index (χ0) is 12.3. The average molecular weight is 234 g/mol. The summed E-state index contributed by atoms with van der Waals surface area (Å²) >= 11 is 0. The minimum Gasteiger partial charge on any atom is -0.376 e. The number of benzene rings is 1. The molecule has 4 nitrogen and oxygen atoms in total. The van der Waals surface area contributed by atoms with Crippen molar-refractivity contribution in [2.75, 3.05) is 19.7 Å². The van der Waals surface area contributed by atoms with Gasteiger partial charge >= 0.3 is 0 Å². The molecule has 0 spiro atoms. The minimum atomic E-state index is -0.345. The van der Waals surface area contributed by atoms with Crippen LogP contribution in [0.1, 0.15) is 18.5 Å². The van der Waals surface area contributed by atoms with Gasteiger partial charge in [0, 0.05) is 13.1 Å². The van der Waals surface area contributed by atoms with Crippen LogP contribution in [0.3, 0.4) is 0 Å². The Balaban J connectivity index is 2.20. The van der Waals surface area contributed by atoms with Crippen LogP contribution in [0.5, 0.6) is 0 Å². The molecule has 1 aliphatic heterocycles. The average Bonchev–Trinajstić information content (AvgIpc) is 2.30. The van der Waals surface area contributed by atoms with Gasteiger partial charge in [-0.15, -0.1) is 0 Å². The first-order chi connectivity index (χ1) is 8.18. The van der Waals surface area contributed by atoms with Crippen molar-refractivity contribution in [3.63, 3.8) is 0 Å². The number of rotatable bonds is 3. The molecule has 0 saturated carbocycles. The van der Waals surface area contributed by atoms with Crippen LogP contribution >= 0.6 is 0 Å². The van der Waals surface area contributed by atoms with E-state index in [0.29, 0.717) is 6.61 Å². The number of amides is 1. The fourth-order valence-corrected chi connectivity index (χ4v) is 2.27. The molecule has 4 heteroatoms. The van der Waals surface area contributed by atoms with E-state index in [4.69, 9.17) is 10.5 Å². The second-order valence-electron chi connectivity index (χ2n) is 4.39. The highest BCUT2D eigenvalue weighted by Gasteiger charge is 2.29. The number of carbonyl (C=O) groups excluding carboxylic acids is 1. The maximum atomic E-state index is 11.6. The summed E-state index contributed by atoms with van der Waals surface area (Å²) < 4.78 is 5.48. The van der Waals surface area contributed by atoms with Crippen LogP contribution in [0.2, 0.25) is 0 Å². The lowest BCUT2D eigenvalue weighted by Gasteiger charge is -2.35. The van der Waals surface area contributed by atoms with Gasteiger partial charge in [0.15, 0.2) is 0 Å². The Morgan fingerprint density at radius 2 is 2.18 bits per heavy atom. The van der Waals surface area contributed by atoms with Gasteiger partial charge in [0.1, 0.15) is 6.04 Å². The summed E-state index contributed by atoms with van der Waals surface area (Å²) in [6.45, 7) is 4.14. The number of hydrogen-bond donors (Lipinski definition) is 1. The lowest BCUT2D eigenvalue weighted by Crippen LogP contribution is -2.47. The maximum absolute atomic E-state index is 11.6. The normalized spacial score (nSPS) is 23.2. The zero-order valence-corrected chi connectivity index (χ0v) is 10.0. The highest BCUT2D eigenvalue weighted by atomic mass is 16.5. The van der Waals surface area contributed by atoms with E-state index in [-0.39, 0.29) is 18.1 Å². The van der Waals surface area contributed by atoms with Crippen LogP contribution in [0.4, 0.5) is 0 Å². The first kappa shape index (κ1) is 12.1. The molecule has 2 atom stereocenters. The second kappa shape index (κ2) is 5.29. The van der Waals surface area contributed by atoms with Gasteiger partial charge < -0.3 is 10.5 Å². The van der Waals surface area contributed by atoms with Crippen LogP contribution in [-0.2, 0) is 9.53 Å². The highest BCUT2D eigenvalue weighted by Crippen LogP contribution is 2.22. The third-order valence-electron chi connectivity index (χ3n) is 3.02. The van der Waals surface area contributed by atoms with Crippen molar-refractivity contribution in [1.29, 1.82) is 0 Å². The molecule has 2 rings (SSSR count). The molecule has 1 aromatic carbocycles. The molecule has 1 saturated heterocycles. The summed E-state index contributed by atoms with van der Waals surface area (Å²) in [5, 5.41) is 0. The lowest BCUT2D eigenvalue weighted by molar-refractivity contribution is -0.126. The number of nitrogens with two attached hydrogens (primary N) is 1. The Bertz CT molecular complexity index is 380. The molecule has 1 fully saturated rings. The first-order valence-corrected chi connectivity index (χ1v) is 5.88. The number of primary amides is 1. The Morgan fingerprint density at radius 3 is 2.76 bits per heavy atom. The predicted octanol–water partition coefficient (Wildman–Crippen LogP) is 0.934. The van der Waals surface area contributed by atoms with Crippen molar-refractivity contribution in [3.8, 4) is 0 Å². The number of hydrogen-bond acceptors (Lipinski definition) is 3. The molecule has 1 heterocycles. The van der Waals surface area contributed by atoms with Crippen LogP contribution in [0.15, 0.2) is 30.3 Å². The standard InChI is InChI=1S/C13H18N2O2/c1-10-9-15(7-8-17-10)12(13(14)16)11-5-3-2-4-6-11/h2-6,10,12H,7-9H2,1H3,(H2,14,16)/t10-,12-/m1/s1. The van der Waals surface area contributed by atoms with Crippen LogP contribution in [-0.4, -0.2) is 36.6 Å². The third kappa shape index (κ3) is 2.84. The van der Waals surface area contributed by atoms with E-state index in [9.17, 15) is 4.79 Å². The maximum Gasteiger partial charge on any atom is 0.239 e. The van der Waals surface area contributed by atoms with Crippen molar-refractivity contribution in [1.82, 2.24) is 4.90 Å². The molecule has 1 aliphatic rings. The molecule has 92 valence electrons. The van der Waals surface area contributed by atoms with Gasteiger partial charge in [-0.25, -0.2) is 0 Å². The van der Waals surface area contributed by atoms with Gasteiger partial charge in [-0.3, -0.25) is 9.69 Å². The fourth-order valence-electron chi connectivity index (χ4n) is 2.27. The molecule has 0 unspecified atom stereocenters. The first-order valence-electron chi connectivity index (χ1n) is 5.88. The minimum absolute atomic E-state index is 0.148. The molecule has 2 N–H and O–H groups in total. The van der Waals surface area contributed by atoms with Gasteiger partial charge in [0.05, 0.1) is 12.7 Å². The van der Waals surface area contributed by atoms with Crippen LogP contribution < -0.4 is 5.73 Å². The third-order valence-corrected chi connectivity index (χ3v) is 3.02. The van der Waals surface area contributed by atoms with Gasteiger partial charge in [0.2, 0.25) is 5.91 Å². The Kier molecular flexibility index (Phi) is 3.76. The van der Waals surface area contributed by atoms with Gasteiger partial charge in [-0.1, -0.05) is 30.3 Å². The SMILES string of the molecule is C[C@@H]1CN([C@@H](C(N)=O)c2ccccc2)CCO1. The van der Waals surface area contributed by atoms with Crippen LogP contribution in [0.25, 0.3) is 0 Å². The zero-order valence-electron chi connectivity index (χ0n) is 10.0. The molecule has 1 aromatic rings. The van der Waals surface area contributed by atoms with E-state index in [0.717, 1.165) is 18.7 Å². The summed E-state index contributed by atoms with van der Waals surface area (Å²) in [6.07, 6.45) is 0.148. The van der Waals surface area contributed by atoms with Crippen LogP contribution in [0, 0.1) is 0 Å². The smallest absolute Gasteiger partial charge is 0.239 e. The van der Waals surface area contributed by atoms with Crippen molar-refractivity contribution in [2.24, 2.45) is 5.73 Å². The molecular weight excluding hydrogens is 216 g/mol. The van der Waals surface area contributed by atoms with E-state index in [1.807, 2.05) is 37.3 Å². The topological polar surface area (TPSA) is 55.6 Å². The van der Waals surface area contributed by atoms with E-state index in [1.54, 1.807) is 0 Å². The van der Waals surface area contributed by atoms with E-state index in [1.165, 1.54) is 0 Å². The van der Waals surface area contributed by atoms with Gasteiger partial charge in [-0.05, 0) is 12.5 Å². The molecule has 0 bridgehead atoms. The van der Waals surface area contributed by atoms with Crippen molar-refractivity contribution < 1.29 is 9.53 Å². The fraction of sp³-hybridized carbons (Fsp3) is 0.462. The van der Waals surface area contributed by atoms with Crippen molar-refractivity contribution >= 4 is 5.91 Å². The molecule has 0 radical (unpaired) electrons. The number of nitrogens with zero attached hydrogens (tertiary/aromatic N) is 1. The number of ether oxygens (including phenoxy) is 1. The van der Waals surface area contributed by atoms with Gasteiger partial charge in [0.25, 0.3) is 0 Å². The van der Waals surface area contributed by atoms with E-state index in [2.05, 4.69) is 4.90 Å². The number of morpholine rings is 1. The highest BCUT2D eigenvalue weighted by molar-refractivity contribution is 5.81. The molecule has 1 amide bonds. The molecule has 17 heavy (non-hydrogen) atoms. The molecule has 0 aliphatic carbocycles. The summed E-state index contributed by atoms with van der Waals surface area (Å²) in [5.74, 6) is -0.301. The summed E-state index contributed by atoms with van der Waals surface area (Å²) in [4.78, 5) is 13.7. The predicted molar refractivity (Wildman–Crippen MR) is 65.4 cm³/mol. The van der Waals surface area contributed by atoms with E-state index < -0.39 is 0 Å². The summed E-state index contributed by atoms with van der Waals surface area (Å²) in [5.41, 5.74) is 6.48. The molecule has 0 aromatic heterocycles. The Hall–Kier alpha value is -1.39. The van der Waals surface area contributed by atoms with Crippen molar-refractivity contribution in [2.45, 2.75) is 19.1 Å². The summed E-state index contributed by atoms with van der Waals surface area (Å²) in [6, 6.07) is 9.32. The Morgan fingerprint density at radius 1 is 1.47 bits per heavy atom. The van der Waals surface area contributed by atoms with E-state index >= 15 is 0 Å². The number of carbonyl (C=O) groups is 1. The molecular formula is C13H18N2O2. The van der Waals surface area contributed by atoms with Crippen molar-refractivity contribution in [3.05, 3.63) is 35.9 Å². The summed E-state index contributed by atoms with van der Waals surface area (Å²) in [7, 11) is 0.